The Balaban J connectivity index is 2.76. The normalized spacial score (nSPS) is 11.0. The van der Waals surface area contributed by atoms with E-state index in [0.717, 1.165) is 0 Å². The van der Waals surface area contributed by atoms with E-state index in [0.29, 0.717) is 16.7 Å². The third kappa shape index (κ3) is 1.21. The molecule has 0 spiro atoms. The molecule has 0 bridgehead atoms. The molecule has 0 atom stereocenters. The molecule has 0 aliphatic heterocycles. The van der Waals surface area contributed by atoms with Crippen LogP contribution < -0.4 is 0 Å². The van der Waals surface area contributed by atoms with Gasteiger partial charge in [-0.25, -0.2) is 4.39 Å². The van der Waals surface area contributed by atoms with Crippen LogP contribution in [0.25, 0.3) is 11.0 Å². The summed E-state index contributed by atoms with van der Waals surface area (Å²) in [5.74, 6) is 0.0386. The molecule has 0 aliphatic rings. The average Bonchev–Trinajstić information content (AvgIpc) is 2.55. The van der Waals surface area contributed by atoms with E-state index in [-0.39, 0.29) is 18.0 Å². The van der Waals surface area contributed by atoms with Crippen molar-refractivity contribution in [2.45, 2.75) is 13.5 Å². The van der Waals surface area contributed by atoms with Crippen molar-refractivity contribution >= 4 is 11.0 Å². The van der Waals surface area contributed by atoms with Gasteiger partial charge in [0.05, 0.1) is 0 Å². The van der Waals surface area contributed by atoms with Gasteiger partial charge in [-0.05, 0) is 18.6 Å². The summed E-state index contributed by atoms with van der Waals surface area (Å²) >= 11 is 0. The third-order valence-electron chi connectivity index (χ3n) is 2.03. The maximum Gasteiger partial charge on any atom is 0.170 e. The first-order valence-electron chi connectivity index (χ1n) is 4.01. The van der Waals surface area contributed by atoms with Crippen molar-refractivity contribution in [1.29, 1.82) is 0 Å². The summed E-state index contributed by atoms with van der Waals surface area (Å²) in [6.45, 7) is 1.48. The van der Waals surface area contributed by atoms with E-state index in [1.54, 1.807) is 25.1 Å². The molecule has 0 saturated carbocycles. The Hall–Kier alpha value is -1.35. The van der Waals surface area contributed by atoms with Crippen molar-refractivity contribution in [2.75, 3.05) is 0 Å². The lowest BCUT2D eigenvalue weighted by Crippen LogP contribution is -1.80. The van der Waals surface area contributed by atoms with Gasteiger partial charge in [-0.1, -0.05) is 12.1 Å². The molecule has 2 aromatic rings. The lowest BCUT2D eigenvalue weighted by Gasteiger charge is -1.94. The van der Waals surface area contributed by atoms with Crippen LogP contribution in [0.5, 0.6) is 0 Å². The molecule has 68 valence electrons. The Bertz CT molecular complexity index is 445. The zero-order chi connectivity index (χ0) is 9.42. The number of hydrogen-bond acceptors (Lipinski definition) is 2. The number of furan rings is 1. The number of benzene rings is 1. The fourth-order valence-electron chi connectivity index (χ4n) is 1.30. The molecule has 3 heteroatoms. The monoisotopic (exact) mass is 180 g/mol. The van der Waals surface area contributed by atoms with Crippen molar-refractivity contribution in [2.24, 2.45) is 0 Å². The number of rotatable bonds is 1. The van der Waals surface area contributed by atoms with Crippen LogP contribution in [0.4, 0.5) is 4.39 Å². The Morgan fingerprint density at radius 3 is 2.92 bits per heavy atom. The summed E-state index contributed by atoms with van der Waals surface area (Å²) in [7, 11) is 0. The molecule has 0 fully saturated rings. The van der Waals surface area contributed by atoms with Crippen LogP contribution in [0.1, 0.15) is 11.3 Å². The zero-order valence-electron chi connectivity index (χ0n) is 7.17. The minimum Gasteiger partial charge on any atom is -0.456 e. The minimum atomic E-state index is -0.350. The topological polar surface area (TPSA) is 33.4 Å². The maximum atomic E-state index is 13.4. The highest BCUT2D eigenvalue weighted by molar-refractivity contribution is 5.79. The second kappa shape index (κ2) is 2.85. The first kappa shape index (κ1) is 8.26. The SMILES string of the molecule is Cc1ccc2cc(CO)oc2c1F. The molecular formula is C10H9FO2. The number of aliphatic hydroxyl groups is 1. The molecule has 1 heterocycles. The van der Waals surface area contributed by atoms with Gasteiger partial charge in [-0.15, -0.1) is 0 Å². The highest BCUT2D eigenvalue weighted by Gasteiger charge is 2.09. The molecule has 13 heavy (non-hydrogen) atoms. The smallest absolute Gasteiger partial charge is 0.170 e. The fourth-order valence-corrected chi connectivity index (χ4v) is 1.30. The average molecular weight is 180 g/mol. The predicted octanol–water partition coefficient (Wildman–Crippen LogP) is 2.37. The fraction of sp³-hybridized carbons (Fsp3) is 0.200. The van der Waals surface area contributed by atoms with Gasteiger partial charge in [0, 0.05) is 5.39 Å². The molecule has 0 saturated heterocycles. The van der Waals surface area contributed by atoms with Crippen LogP contribution >= 0.6 is 0 Å². The molecule has 1 aromatic carbocycles. The summed E-state index contributed by atoms with van der Waals surface area (Å²) in [6, 6.07) is 5.10. The Morgan fingerprint density at radius 1 is 1.46 bits per heavy atom. The highest BCUT2D eigenvalue weighted by atomic mass is 19.1. The van der Waals surface area contributed by atoms with E-state index in [1.165, 1.54) is 0 Å². The molecular weight excluding hydrogens is 171 g/mol. The van der Waals surface area contributed by atoms with Gasteiger partial charge >= 0.3 is 0 Å². The van der Waals surface area contributed by atoms with Crippen molar-refractivity contribution < 1.29 is 13.9 Å². The first-order chi connectivity index (χ1) is 6.22. The highest BCUT2D eigenvalue weighted by Crippen LogP contribution is 2.24. The Labute approximate surface area is 74.6 Å². The summed E-state index contributed by atoms with van der Waals surface area (Å²) in [5.41, 5.74) is 0.774. The van der Waals surface area contributed by atoms with E-state index < -0.39 is 0 Å². The van der Waals surface area contributed by atoms with Gasteiger partial charge in [0.15, 0.2) is 11.4 Å². The van der Waals surface area contributed by atoms with Crippen LogP contribution in [0, 0.1) is 12.7 Å². The van der Waals surface area contributed by atoms with Gasteiger partial charge in [-0.2, -0.15) is 0 Å². The number of aryl methyl sites for hydroxylation is 1. The molecule has 0 amide bonds. The lowest BCUT2D eigenvalue weighted by molar-refractivity contribution is 0.250. The molecule has 0 aliphatic carbocycles. The number of aliphatic hydroxyl groups excluding tert-OH is 1. The maximum absolute atomic E-state index is 13.4. The van der Waals surface area contributed by atoms with E-state index in [4.69, 9.17) is 9.52 Å². The van der Waals surface area contributed by atoms with E-state index in [2.05, 4.69) is 0 Å². The largest absolute Gasteiger partial charge is 0.456 e. The molecule has 0 unspecified atom stereocenters. The van der Waals surface area contributed by atoms with Gasteiger partial charge in [-0.3, -0.25) is 0 Å². The third-order valence-corrected chi connectivity index (χ3v) is 2.03. The quantitative estimate of drug-likeness (QED) is 0.730. The molecule has 1 aromatic heterocycles. The second-order valence-electron chi connectivity index (χ2n) is 2.99. The number of halogens is 1. The Morgan fingerprint density at radius 2 is 2.23 bits per heavy atom. The van der Waals surface area contributed by atoms with Crippen molar-refractivity contribution in [3.8, 4) is 0 Å². The summed E-state index contributed by atoms with van der Waals surface area (Å²) < 4.78 is 18.5. The number of fused-ring (bicyclic) bond motifs is 1. The zero-order valence-corrected chi connectivity index (χ0v) is 7.17. The number of hydrogen-bond donors (Lipinski definition) is 1. The Kier molecular flexibility index (Phi) is 1.81. The van der Waals surface area contributed by atoms with Crippen molar-refractivity contribution in [3.63, 3.8) is 0 Å². The molecule has 2 nitrogen and oxygen atoms in total. The second-order valence-corrected chi connectivity index (χ2v) is 2.99. The van der Waals surface area contributed by atoms with Crippen LogP contribution in [-0.2, 0) is 6.61 Å². The molecule has 0 radical (unpaired) electrons. The summed E-state index contributed by atoms with van der Waals surface area (Å²) in [6.07, 6.45) is 0. The van der Waals surface area contributed by atoms with Gasteiger partial charge in [0.1, 0.15) is 12.4 Å². The minimum absolute atomic E-state index is 0.201. The lowest BCUT2D eigenvalue weighted by atomic mass is 10.2. The van der Waals surface area contributed by atoms with Crippen LogP contribution in [0.3, 0.4) is 0 Å². The summed E-state index contributed by atoms with van der Waals surface area (Å²) in [4.78, 5) is 0. The van der Waals surface area contributed by atoms with E-state index >= 15 is 0 Å². The van der Waals surface area contributed by atoms with Crippen molar-refractivity contribution in [1.82, 2.24) is 0 Å². The molecule has 2 rings (SSSR count). The van der Waals surface area contributed by atoms with Gasteiger partial charge in [0.2, 0.25) is 0 Å². The van der Waals surface area contributed by atoms with Crippen LogP contribution in [0.15, 0.2) is 22.6 Å². The molecule has 1 N–H and O–H groups in total. The van der Waals surface area contributed by atoms with Crippen LogP contribution in [0.2, 0.25) is 0 Å². The van der Waals surface area contributed by atoms with Gasteiger partial charge in [0.25, 0.3) is 0 Å². The summed E-state index contributed by atoms with van der Waals surface area (Å²) in [5, 5.41) is 9.47. The van der Waals surface area contributed by atoms with Crippen LogP contribution in [-0.4, -0.2) is 5.11 Å². The van der Waals surface area contributed by atoms with Crippen molar-refractivity contribution in [3.05, 3.63) is 35.3 Å². The van der Waals surface area contributed by atoms with E-state index in [1.807, 2.05) is 0 Å². The van der Waals surface area contributed by atoms with E-state index in [9.17, 15) is 4.39 Å². The predicted molar refractivity (Wildman–Crippen MR) is 46.8 cm³/mol. The van der Waals surface area contributed by atoms with Gasteiger partial charge < -0.3 is 9.52 Å². The first-order valence-corrected chi connectivity index (χ1v) is 4.01. The standard InChI is InChI=1S/C10H9FO2/c1-6-2-3-7-4-8(5-12)13-10(7)9(6)11/h2-4,12H,5H2,1H3.